The molecule has 2 rings (SSSR count). The summed E-state index contributed by atoms with van der Waals surface area (Å²) in [4.78, 5) is 13.0. The molecular formula is C13H14ClNO2. The summed E-state index contributed by atoms with van der Waals surface area (Å²) in [6, 6.07) is 7.96. The number of carbonyl (C=O) groups is 1. The number of halogens is 1. The van der Waals surface area contributed by atoms with Gasteiger partial charge in [-0.15, -0.1) is 0 Å². The Morgan fingerprint density at radius 2 is 2.29 bits per heavy atom. The summed E-state index contributed by atoms with van der Waals surface area (Å²) in [7, 11) is 0. The Bertz CT molecular complexity index is 445. The van der Waals surface area contributed by atoms with Crippen LogP contribution in [0.3, 0.4) is 0 Å². The first kappa shape index (κ1) is 12.0. The van der Waals surface area contributed by atoms with Gasteiger partial charge in [-0.25, -0.2) is 0 Å². The predicted molar refractivity (Wildman–Crippen MR) is 68.6 cm³/mol. The topological polar surface area (TPSA) is 40.5 Å². The maximum Gasteiger partial charge on any atom is 0.304 e. The Hall–Kier alpha value is -1.48. The Kier molecular flexibility index (Phi) is 3.69. The Morgan fingerprint density at radius 3 is 3.00 bits per heavy atom. The first-order valence-corrected chi connectivity index (χ1v) is 5.97. The van der Waals surface area contributed by atoms with Gasteiger partial charge in [0.25, 0.3) is 0 Å². The lowest BCUT2D eigenvalue weighted by molar-refractivity contribution is -0.137. The fourth-order valence-electron chi connectivity index (χ4n) is 2.31. The SMILES string of the molecule is O=C(O)CC1CN(C/C=C/Cl)c2ccccc21. The third-order valence-electron chi connectivity index (χ3n) is 2.99. The summed E-state index contributed by atoms with van der Waals surface area (Å²) >= 11 is 5.53. The number of fused-ring (bicyclic) bond motifs is 1. The molecule has 1 atom stereocenters. The lowest BCUT2D eigenvalue weighted by Gasteiger charge is -2.17. The smallest absolute Gasteiger partial charge is 0.304 e. The standard InChI is InChI=1S/C13H14ClNO2/c14-6-3-7-15-9-10(8-13(16)17)11-4-1-2-5-12(11)15/h1-6,10H,7-9H2,(H,16,17)/b6-3+. The van der Waals surface area contributed by atoms with Crippen molar-refractivity contribution in [2.45, 2.75) is 12.3 Å². The van der Waals surface area contributed by atoms with Gasteiger partial charge in [0.1, 0.15) is 0 Å². The average Bonchev–Trinajstić information content (AvgIpc) is 2.65. The van der Waals surface area contributed by atoms with E-state index in [0.717, 1.165) is 24.3 Å². The van der Waals surface area contributed by atoms with E-state index in [1.165, 1.54) is 5.54 Å². The molecule has 1 aliphatic heterocycles. The van der Waals surface area contributed by atoms with Gasteiger partial charge >= 0.3 is 5.97 Å². The van der Waals surface area contributed by atoms with Gasteiger partial charge in [-0.05, 0) is 11.6 Å². The van der Waals surface area contributed by atoms with Crippen molar-refractivity contribution in [3.63, 3.8) is 0 Å². The van der Waals surface area contributed by atoms with Crippen LogP contribution in [0.15, 0.2) is 35.9 Å². The minimum absolute atomic E-state index is 0.0763. The highest BCUT2D eigenvalue weighted by Crippen LogP contribution is 2.37. The van der Waals surface area contributed by atoms with Crippen LogP contribution in [0.4, 0.5) is 5.69 Å². The van der Waals surface area contributed by atoms with E-state index in [1.54, 1.807) is 0 Å². The van der Waals surface area contributed by atoms with Crippen molar-refractivity contribution >= 4 is 23.3 Å². The number of rotatable bonds is 4. The van der Waals surface area contributed by atoms with Gasteiger partial charge in [-0.2, -0.15) is 0 Å². The van der Waals surface area contributed by atoms with Gasteiger partial charge in [0, 0.05) is 30.2 Å². The molecule has 1 N–H and O–H groups in total. The van der Waals surface area contributed by atoms with Crippen LogP contribution in [0.5, 0.6) is 0 Å². The zero-order valence-electron chi connectivity index (χ0n) is 9.34. The molecule has 0 amide bonds. The van der Waals surface area contributed by atoms with E-state index in [-0.39, 0.29) is 12.3 Å². The number of carboxylic acids is 1. The molecule has 17 heavy (non-hydrogen) atoms. The predicted octanol–water partition coefficient (Wildman–Crippen LogP) is 2.82. The van der Waals surface area contributed by atoms with Crippen molar-refractivity contribution < 1.29 is 9.90 Å². The normalized spacial score (nSPS) is 18.6. The maximum absolute atomic E-state index is 10.8. The summed E-state index contributed by atoms with van der Waals surface area (Å²) in [6.45, 7) is 1.46. The second-order valence-corrected chi connectivity index (χ2v) is 4.37. The van der Waals surface area contributed by atoms with Crippen LogP contribution >= 0.6 is 11.6 Å². The van der Waals surface area contributed by atoms with Crippen molar-refractivity contribution in [3.05, 3.63) is 41.4 Å². The summed E-state index contributed by atoms with van der Waals surface area (Å²) in [5.41, 5.74) is 3.74. The summed E-state index contributed by atoms with van der Waals surface area (Å²) in [5, 5.41) is 8.91. The Balaban J connectivity index is 2.22. The van der Waals surface area contributed by atoms with E-state index in [2.05, 4.69) is 4.90 Å². The van der Waals surface area contributed by atoms with E-state index in [4.69, 9.17) is 16.7 Å². The van der Waals surface area contributed by atoms with Crippen molar-refractivity contribution in [1.82, 2.24) is 0 Å². The Labute approximate surface area is 105 Å². The van der Waals surface area contributed by atoms with Crippen LogP contribution in [0, 0.1) is 0 Å². The molecule has 0 spiro atoms. The molecule has 1 heterocycles. The number of hydrogen-bond donors (Lipinski definition) is 1. The van der Waals surface area contributed by atoms with Gasteiger partial charge < -0.3 is 10.0 Å². The molecule has 90 valence electrons. The quantitative estimate of drug-likeness (QED) is 0.895. The van der Waals surface area contributed by atoms with Gasteiger partial charge in [0.2, 0.25) is 0 Å². The van der Waals surface area contributed by atoms with Crippen LogP contribution < -0.4 is 4.90 Å². The number of benzene rings is 1. The second-order valence-electron chi connectivity index (χ2n) is 4.12. The largest absolute Gasteiger partial charge is 0.481 e. The number of anilines is 1. The highest BCUT2D eigenvalue weighted by Gasteiger charge is 2.28. The molecule has 0 radical (unpaired) electrons. The molecule has 1 unspecified atom stereocenters. The highest BCUT2D eigenvalue weighted by atomic mass is 35.5. The van der Waals surface area contributed by atoms with E-state index in [1.807, 2.05) is 30.3 Å². The minimum atomic E-state index is -0.750. The van der Waals surface area contributed by atoms with Gasteiger partial charge in [0.05, 0.1) is 6.42 Å². The maximum atomic E-state index is 10.8. The monoisotopic (exact) mass is 251 g/mol. The molecule has 1 aromatic carbocycles. The molecule has 3 nitrogen and oxygen atoms in total. The number of hydrogen-bond acceptors (Lipinski definition) is 2. The molecule has 0 aromatic heterocycles. The molecule has 1 aromatic rings. The molecule has 0 saturated heterocycles. The van der Waals surface area contributed by atoms with Crippen molar-refractivity contribution in [3.8, 4) is 0 Å². The third-order valence-corrected chi connectivity index (χ3v) is 3.17. The van der Waals surface area contributed by atoms with Crippen LogP contribution in [0.1, 0.15) is 17.9 Å². The van der Waals surface area contributed by atoms with E-state index in [9.17, 15) is 4.79 Å². The highest BCUT2D eigenvalue weighted by molar-refractivity contribution is 6.25. The lowest BCUT2D eigenvalue weighted by Crippen LogP contribution is -2.22. The van der Waals surface area contributed by atoms with Gasteiger partial charge in [-0.1, -0.05) is 35.9 Å². The minimum Gasteiger partial charge on any atom is -0.481 e. The van der Waals surface area contributed by atoms with Gasteiger partial charge in [-0.3, -0.25) is 4.79 Å². The van der Waals surface area contributed by atoms with Crippen molar-refractivity contribution in [2.75, 3.05) is 18.0 Å². The first-order valence-electron chi connectivity index (χ1n) is 5.53. The van der Waals surface area contributed by atoms with Gasteiger partial charge in [0.15, 0.2) is 0 Å². The third kappa shape index (κ3) is 2.61. The zero-order valence-corrected chi connectivity index (χ0v) is 10.1. The van der Waals surface area contributed by atoms with Crippen LogP contribution in [-0.4, -0.2) is 24.2 Å². The summed E-state index contributed by atoms with van der Waals surface area (Å²) in [5.74, 6) is -0.674. The van der Waals surface area contributed by atoms with Crippen LogP contribution in [0.25, 0.3) is 0 Å². The van der Waals surface area contributed by atoms with Crippen molar-refractivity contribution in [1.29, 1.82) is 0 Å². The fourth-order valence-corrected chi connectivity index (χ4v) is 2.39. The molecule has 0 saturated carbocycles. The summed E-state index contributed by atoms with van der Waals surface area (Å²) in [6.07, 6.45) is 2.04. The number of carboxylic acid groups (broad SMARTS) is 1. The molecule has 0 aliphatic carbocycles. The molecule has 0 fully saturated rings. The summed E-state index contributed by atoms with van der Waals surface area (Å²) < 4.78 is 0. The lowest BCUT2D eigenvalue weighted by atomic mass is 9.98. The molecule has 1 aliphatic rings. The van der Waals surface area contributed by atoms with Crippen molar-refractivity contribution in [2.24, 2.45) is 0 Å². The van der Waals surface area contributed by atoms with E-state index in [0.29, 0.717) is 0 Å². The molecule has 0 bridgehead atoms. The Morgan fingerprint density at radius 1 is 1.53 bits per heavy atom. The van der Waals surface area contributed by atoms with Crippen LogP contribution in [0.2, 0.25) is 0 Å². The molecular weight excluding hydrogens is 238 g/mol. The van der Waals surface area contributed by atoms with Crippen LogP contribution in [-0.2, 0) is 4.79 Å². The number of nitrogens with zero attached hydrogens (tertiary/aromatic N) is 1. The zero-order chi connectivity index (χ0) is 12.3. The second kappa shape index (κ2) is 5.23. The number of para-hydroxylation sites is 1. The molecule has 4 heteroatoms. The first-order chi connectivity index (χ1) is 8.22. The van der Waals surface area contributed by atoms with E-state index >= 15 is 0 Å². The number of aliphatic carboxylic acids is 1. The fraction of sp³-hybridized carbons (Fsp3) is 0.308. The van der Waals surface area contributed by atoms with E-state index < -0.39 is 5.97 Å². The average molecular weight is 252 g/mol.